The minimum absolute atomic E-state index is 0.113. The molecule has 0 saturated heterocycles. The van der Waals surface area contributed by atoms with Crippen molar-refractivity contribution in [3.05, 3.63) is 58.2 Å². The molecule has 0 saturated carbocycles. The first-order valence-electron chi connectivity index (χ1n) is 4.81. The van der Waals surface area contributed by atoms with Crippen LogP contribution in [0.4, 0.5) is 5.69 Å². The number of nitro groups is 1. The Morgan fingerprint density at radius 3 is 2.59 bits per heavy atom. The Kier molecular flexibility index (Phi) is 2.66. The van der Waals surface area contributed by atoms with Gasteiger partial charge in [-0.25, -0.2) is 0 Å². The molecule has 1 aromatic carbocycles. The highest BCUT2D eigenvalue weighted by Crippen LogP contribution is 2.23. The van der Waals surface area contributed by atoms with Crippen LogP contribution >= 0.6 is 0 Å². The lowest BCUT2D eigenvalue weighted by molar-refractivity contribution is -0.384. The Morgan fingerprint density at radius 1 is 1.12 bits per heavy atom. The van der Waals surface area contributed by atoms with E-state index in [1.807, 2.05) is 0 Å². The fourth-order valence-corrected chi connectivity index (χ4v) is 1.52. The fraction of sp³-hybridized carbons (Fsp3) is 0. The zero-order valence-corrected chi connectivity index (χ0v) is 8.62. The van der Waals surface area contributed by atoms with Gasteiger partial charge in [-0.15, -0.1) is 0 Å². The van der Waals surface area contributed by atoms with Crippen LogP contribution in [-0.4, -0.2) is 16.5 Å². The molecule has 1 aliphatic carbocycles. The number of ketones is 2. The van der Waals surface area contributed by atoms with Crippen LogP contribution in [-0.2, 0) is 9.59 Å². The van der Waals surface area contributed by atoms with Gasteiger partial charge in [-0.05, 0) is 23.8 Å². The summed E-state index contributed by atoms with van der Waals surface area (Å²) in [5.74, 6) is -0.629. The molecule has 0 atom stereocenters. The number of rotatable bonds is 2. The summed E-state index contributed by atoms with van der Waals surface area (Å²) >= 11 is 0. The predicted octanol–water partition coefficient (Wildman–Crippen LogP) is 1.69. The predicted molar refractivity (Wildman–Crippen MR) is 60.2 cm³/mol. The minimum atomic E-state index is -0.547. The molecule has 0 radical (unpaired) electrons. The molecule has 0 aromatic heterocycles. The maximum absolute atomic E-state index is 11.5. The Balaban J connectivity index is 2.47. The number of hydrogen-bond acceptors (Lipinski definition) is 4. The van der Waals surface area contributed by atoms with Gasteiger partial charge in [0.2, 0.25) is 0 Å². The third-order valence-electron chi connectivity index (χ3n) is 2.32. The average molecular weight is 229 g/mol. The number of non-ortho nitro benzene ring substituents is 1. The van der Waals surface area contributed by atoms with Crippen LogP contribution in [0.3, 0.4) is 0 Å². The van der Waals surface area contributed by atoms with Crippen molar-refractivity contribution in [2.75, 3.05) is 0 Å². The highest BCUT2D eigenvalue weighted by atomic mass is 16.6. The minimum Gasteiger partial charge on any atom is -0.290 e. The lowest BCUT2D eigenvalue weighted by Gasteiger charge is -2.06. The van der Waals surface area contributed by atoms with E-state index in [-0.39, 0.29) is 22.8 Å². The topological polar surface area (TPSA) is 77.3 Å². The summed E-state index contributed by atoms with van der Waals surface area (Å²) in [5, 5.41) is 10.6. The summed E-state index contributed by atoms with van der Waals surface area (Å²) in [6, 6.07) is 5.64. The van der Waals surface area contributed by atoms with Crippen molar-refractivity contribution >= 4 is 22.8 Å². The van der Waals surface area contributed by atoms with Crippen molar-refractivity contribution in [2.24, 2.45) is 0 Å². The number of nitro benzene ring substituents is 1. The number of hydrogen-bond donors (Lipinski definition) is 0. The number of allylic oxidation sites excluding steroid dienone is 4. The molecule has 0 N–H and O–H groups in total. The Bertz CT molecular complexity index is 584. The summed E-state index contributed by atoms with van der Waals surface area (Å²) in [7, 11) is 0. The Labute approximate surface area is 96.2 Å². The van der Waals surface area contributed by atoms with E-state index in [1.54, 1.807) is 6.07 Å². The number of nitrogens with zero attached hydrogens (tertiary/aromatic N) is 1. The van der Waals surface area contributed by atoms with Gasteiger partial charge in [0.15, 0.2) is 11.6 Å². The van der Waals surface area contributed by atoms with Crippen LogP contribution in [0.1, 0.15) is 5.56 Å². The first-order chi connectivity index (χ1) is 8.08. The van der Waals surface area contributed by atoms with Gasteiger partial charge >= 0.3 is 0 Å². The number of benzene rings is 1. The van der Waals surface area contributed by atoms with E-state index in [1.165, 1.54) is 30.4 Å². The van der Waals surface area contributed by atoms with Crippen LogP contribution < -0.4 is 0 Å². The molecular formula is C12H7NO4. The van der Waals surface area contributed by atoms with Crippen molar-refractivity contribution in [2.45, 2.75) is 0 Å². The Morgan fingerprint density at radius 2 is 1.88 bits per heavy atom. The molecule has 5 heteroatoms. The van der Waals surface area contributed by atoms with Crippen LogP contribution in [0, 0.1) is 10.1 Å². The van der Waals surface area contributed by atoms with E-state index in [2.05, 4.69) is 0 Å². The monoisotopic (exact) mass is 229 g/mol. The van der Waals surface area contributed by atoms with Crippen LogP contribution in [0.2, 0.25) is 0 Å². The highest BCUT2D eigenvalue weighted by molar-refractivity contribution is 6.33. The summed E-state index contributed by atoms with van der Waals surface area (Å²) in [6.45, 7) is 0. The molecule has 1 aromatic rings. The van der Waals surface area contributed by atoms with Gasteiger partial charge in [-0.3, -0.25) is 19.7 Å². The van der Waals surface area contributed by atoms with Crippen molar-refractivity contribution in [1.82, 2.24) is 0 Å². The standard InChI is InChI=1S/C12H7NO4/c14-10-4-5-12(15)11(7-10)8-2-1-3-9(6-8)13(16)17/h1-7H. The van der Waals surface area contributed by atoms with Gasteiger partial charge in [0, 0.05) is 17.7 Å². The maximum atomic E-state index is 11.5. The summed E-state index contributed by atoms with van der Waals surface area (Å²) in [5.41, 5.74) is 0.446. The summed E-state index contributed by atoms with van der Waals surface area (Å²) < 4.78 is 0. The lowest BCUT2D eigenvalue weighted by atomic mass is 9.96. The Hall–Kier alpha value is -2.56. The van der Waals surface area contributed by atoms with Crippen molar-refractivity contribution in [3.8, 4) is 0 Å². The molecule has 0 heterocycles. The van der Waals surface area contributed by atoms with E-state index >= 15 is 0 Å². The van der Waals surface area contributed by atoms with Gasteiger partial charge in [0.25, 0.3) is 5.69 Å². The molecular weight excluding hydrogens is 222 g/mol. The highest BCUT2D eigenvalue weighted by Gasteiger charge is 2.17. The zero-order chi connectivity index (χ0) is 12.4. The summed E-state index contributed by atoms with van der Waals surface area (Å²) in [4.78, 5) is 32.8. The van der Waals surface area contributed by atoms with E-state index < -0.39 is 4.92 Å². The summed E-state index contributed by atoms with van der Waals surface area (Å²) in [6.07, 6.45) is 3.51. The third-order valence-corrected chi connectivity index (χ3v) is 2.32. The molecule has 5 nitrogen and oxygen atoms in total. The largest absolute Gasteiger partial charge is 0.290 e. The molecule has 1 aliphatic rings. The van der Waals surface area contributed by atoms with Crippen LogP contribution in [0.25, 0.3) is 5.57 Å². The molecule has 2 rings (SSSR count). The smallest absolute Gasteiger partial charge is 0.270 e. The molecule has 0 spiro atoms. The SMILES string of the molecule is O=C1C=CC(=O)C(c2cccc([N+](=O)[O-])c2)=C1. The first-order valence-corrected chi connectivity index (χ1v) is 4.81. The molecule has 0 fully saturated rings. The second-order valence-corrected chi connectivity index (χ2v) is 3.47. The van der Waals surface area contributed by atoms with Gasteiger partial charge in [-0.1, -0.05) is 12.1 Å². The normalized spacial score (nSPS) is 14.7. The molecule has 0 aliphatic heterocycles. The zero-order valence-electron chi connectivity index (χ0n) is 8.62. The molecule has 0 bridgehead atoms. The second kappa shape index (κ2) is 4.13. The van der Waals surface area contributed by atoms with E-state index in [4.69, 9.17) is 0 Å². The van der Waals surface area contributed by atoms with Crippen LogP contribution in [0.15, 0.2) is 42.5 Å². The first kappa shape index (κ1) is 10.9. The number of carbonyl (C=O) groups is 2. The van der Waals surface area contributed by atoms with Gasteiger partial charge in [0.05, 0.1) is 4.92 Å². The van der Waals surface area contributed by atoms with Crippen molar-refractivity contribution in [3.63, 3.8) is 0 Å². The van der Waals surface area contributed by atoms with Gasteiger partial charge < -0.3 is 0 Å². The van der Waals surface area contributed by atoms with E-state index in [9.17, 15) is 19.7 Å². The van der Waals surface area contributed by atoms with Gasteiger partial charge in [0.1, 0.15) is 0 Å². The fourth-order valence-electron chi connectivity index (χ4n) is 1.52. The molecule has 0 amide bonds. The third kappa shape index (κ3) is 2.17. The number of carbonyl (C=O) groups excluding carboxylic acids is 2. The van der Waals surface area contributed by atoms with Crippen molar-refractivity contribution in [1.29, 1.82) is 0 Å². The molecule has 17 heavy (non-hydrogen) atoms. The van der Waals surface area contributed by atoms with Crippen LogP contribution in [0.5, 0.6) is 0 Å². The quantitative estimate of drug-likeness (QED) is 0.439. The van der Waals surface area contributed by atoms with E-state index in [0.717, 1.165) is 6.08 Å². The second-order valence-electron chi connectivity index (χ2n) is 3.47. The maximum Gasteiger partial charge on any atom is 0.270 e. The average Bonchev–Trinajstić information content (AvgIpc) is 2.32. The van der Waals surface area contributed by atoms with Crippen molar-refractivity contribution < 1.29 is 14.5 Å². The van der Waals surface area contributed by atoms with E-state index in [0.29, 0.717) is 5.56 Å². The molecule has 84 valence electrons. The lowest BCUT2D eigenvalue weighted by Crippen LogP contribution is -2.06. The molecule has 0 unspecified atom stereocenters. The van der Waals surface area contributed by atoms with Gasteiger partial charge in [-0.2, -0.15) is 0 Å².